The van der Waals surface area contributed by atoms with Crippen LogP contribution in [0.4, 0.5) is 4.79 Å². The van der Waals surface area contributed by atoms with Crippen LogP contribution in [-0.4, -0.2) is 93.8 Å². The van der Waals surface area contributed by atoms with Crippen molar-refractivity contribution < 1.29 is 29.0 Å². The molecule has 1 unspecified atom stereocenters. The Morgan fingerprint density at radius 2 is 1.71 bits per heavy atom. The van der Waals surface area contributed by atoms with Crippen molar-refractivity contribution in [3.63, 3.8) is 0 Å². The van der Waals surface area contributed by atoms with Crippen LogP contribution < -0.4 is 0 Å². The van der Waals surface area contributed by atoms with Gasteiger partial charge < -0.3 is 24.4 Å². The van der Waals surface area contributed by atoms with Crippen LogP contribution in [0.15, 0.2) is 42.5 Å². The van der Waals surface area contributed by atoms with Gasteiger partial charge in [-0.25, -0.2) is 4.79 Å². The van der Waals surface area contributed by atoms with Crippen LogP contribution in [0.2, 0.25) is 0 Å². The smallest absolute Gasteiger partial charge is 0.410 e. The Bertz CT molecular complexity index is 1470. The molecule has 0 saturated carbocycles. The van der Waals surface area contributed by atoms with Crippen molar-refractivity contribution in [3.8, 4) is 0 Å². The van der Waals surface area contributed by atoms with E-state index in [0.29, 0.717) is 30.6 Å². The highest BCUT2D eigenvalue weighted by Gasteiger charge is 2.45. The van der Waals surface area contributed by atoms with Crippen molar-refractivity contribution in [3.05, 3.63) is 70.3 Å². The number of benzene rings is 2. The number of fused-ring (bicyclic) bond motifs is 4. The maximum absolute atomic E-state index is 13.9. The van der Waals surface area contributed by atoms with Crippen molar-refractivity contribution in [2.75, 3.05) is 20.2 Å². The van der Waals surface area contributed by atoms with E-state index in [1.54, 1.807) is 29.0 Å². The van der Waals surface area contributed by atoms with Crippen molar-refractivity contribution >= 4 is 17.9 Å². The van der Waals surface area contributed by atoms with E-state index in [2.05, 4.69) is 18.7 Å². The summed E-state index contributed by atoms with van der Waals surface area (Å²) in [4.78, 5) is 46.3. The third-order valence-corrected chi connectivity index (χ3v) is 10.1. The molecular weight excluding hydrogens is 570 g/mol. The molecule has 9 heteroatoms. The first kappa shape index (κ1) is 31.5. The number of nitrogens with zero attached hydrogens (tertiary/aromatic N) is 3. The summed E-state index contributed by atoms with van der Waals surface area (Å²) in [6, 6.07) is 13.2. The number of hydrogen-bond acceptors (Lipinski definition) is 6. The fraction of sp³-hybridized carbons (Fsp3) is 0.583. The average molecular weight is 618 g/mol. The predicted octanol–water partition coefficient (Wildman–Crippen LogP) is 4.92. The average Bonchev–Trinajstić information content (AvgIpc) is 3.26. The number of piperidine rings is 1. The molecule has 2 aromatic carbocycles. The van der Waals surface area contributed by atoms with Crippen molar-refractivity contribution in [2.24, 2.45) is 0 Å². The molecule has 1 N–H and O–H groups in total. The van der Waals surface area contributed by atoms with Crippen LogP contribution in [0.3, 0.4) is 0 Å². The second-order valence-electron chi connectivity index (χ2n) is 15.0. The lowest BCUT2D eigenvalue weighted by molar-refractivity contribution is -0.0193. The van der Waals surface area contributed by atoms with Gasteiger partial charge in [0.05, 0.1) is 18.2 Å². The number of ether oxygens (including phenoxy) is 2. The third kappa shape index (κ3) is 6.09. The normalized spacial score (nSPS) is 26.3. The van der Waals surface area contributed by atoms with E-state index in [4.69, 9.17) is 9.47 Å². The standard InChI is InChI=1S/C36H47N3O6/c1-35(2,3)45-34(43)38-19-24-10-8-7-9-22(24)16-30(38)31(40)20-37-21-36(4,5)29-15-23(11-14-28(29)33(37)42)32(41)39-25-12-13-26(39)18-27(17-25)44-6/h7-11,14-15,25-27,30-31,40H,12-13,16-21H2,1-6H3/t25-,26+,27?,30-,31+/m0/s1. The van der Waals surface area contributed by atoms with Crippen LogP contribution in [-0.2, 0) is 27.9 Å². The number of methoxy groups -OCH3 is 1. The van der Waals surface area contributed by atoms with E-state index < -0.39 is 29.3 Å². The topological polar surface area (TPSA) is 99.6 Å². The zero-order valence-corrected chi connectivity index (χ0v) is 27.4. The lowest BCUT2D eigenvalue weighted by Crippen LogP contribution is -2.57. The molecule has 9 nitrogen and oxygen atoms in total. The zero-order chi connectivity index (χ0) is 32.3. The molecule has 4 heterocycles. The lowest BCUT2D eigenvalue weighted by Gasteiger charge is -2.44. The molecule has 3 amide bonds. The van der Waals surface area contributed by atoms with Gasteiger partial charge in [-0.15, -0.1) is 0 Å². The number of hydrogen-bond donors (Lipinski definition) is 1. The van der Waals surface area contributed by atoms with E-state index in [9.17, 15) is 19.5 Å². The fourth-order valence-electron chi connectivity index (χ4n) is 7.93. The molecule has 2 aromatic rings. The van der Waals surface area contributed by atoms with Gasteiger partial charge in [0.2, 0.25) is 0 Å². The highest BCUT2D eigenvalue weighted by molar-refractivity contribution is 6.00. The van der Waals surface area contributed by atoms with Crippen LogP contribution in [0.5, 0.6) is 0 Å². The summed E-state index contributed by atoms with van der Waals surface area (Å²) in [5.41, 5.74) is 2.99. The maximum atomic E-state index is 13.9. The van der Waals surface area contributed by atoms with E-state index in [1.165, 1.54) is 0 Å². The fourth-order valence-corrected chi connectivity index (χ4v) is 7.93. The summed E-state index contributed by atoms with van der Waals surface area (Å²) in [7, 11) is 1.75. The van der Waals surface area contributed by atoms with E-state index in [0.717, 1.165) is 42.4 Å². The highest BCUT2D eigenvalue weighted by atomic mass is 16.6. The Kier molecular flexibility index (Phi) is 8.23. The summed E-state index contributed by atoms with van der Waals surface area (Å²) in [5, 5.41) is 11.7. The van der Waals surface area contributed by atoms with Gasteiger partial charge in [-0.1, -0.05) is 38.1 Å². The monoisotopic (exact) mass is 617 g/mol. The van der Waals surface area contributed by atoms with Crippen LogP contribution in [0.1, 0.15) is 97.7 Å². The van der Waals surface area contributed by atoms with E-state index >= 15 is 0 Å². The minimum Gasteiger partial charge on any atom is -0.444 e. The minimum atomic E-state index is -0.987. The Hall–Kier alpha value is -3.43. The first-order valence-corrected chi connectivity index (χ1v) is 16.3. The minimum absolute atomic E-state index is 0.0285. The number of aliphatic hydroxyl groups is 1. The Morgan fingerprint density at radius 3 is 2.36 bits per heavy atom. The second-order valence-corrected chi connectivity index (χ2v) is 15.0. The molecule has 4 aliphatic heterocycles. The first-order chi connectivity index (χ1) is 21.3. The van der Waals surface area contributed by atoms with Crippen molar-refractivity contribution in [2.45, 2.75) is 115 Å². The molecule has 2 saturated heterocycles. The summed E-state index contributed by atoms with van der Waals surface area (Å²) < 4.78 is 11.3. The summed E-state index contributed by atoms with van der Waals surface area (Å²) >= 11 is 0. The molecule has 45 heavy (non-hydrogen) atoms. The molecule has 2 fully saturated rings. The summed E-state index contributed by atoms with van der Waals surface area (Å²) in [6.45, 7) is 10.4. The van der Waals surface area contributed by atoms with Gasteiger partial charge in [-0.2, -0.15) is 0 Å². The van der Waals surface area contributed by atoms with Gasteiger partial charge in [-0.3, -0.25) is 14.5 Å². The molecule has 242 valence electrons. The van der Waals surface area contributed by atoms with Crippen LogP contribution in [0, 0.1) is 0 Å². The molecule has 0 radical (unpaired) electrons. The number of aliphatic hydroxyl groups excluding tert-OH is 1. The Balaban J connectivity index is 1.21. The number of carbonyl (C=O) groups excluding carboxylic acids is 3. The zero-order valence-electron chi connectivity index (χ0n) is 27.4. The van der Waals surface area contributed by atoms with Crippen LogP contribution >= 0.6 is 0 Å². The largest absolute Gasteiger partial charge is 0.444 e. The van der Waals surface area contributed by atoms with E-state index in [-0.39, 0.29) is 36.5 Å². The van der Waals surface area contributed by atoms with E-state index in [1.807, 2.05) is 51.1 Å². The van der Waals surface area contributed by atoms with Gasteiger partial charge >= 0.3 is 6.09 Å². The van der Waals surface area contributed by atoms with Gasteiger partial charge in [-0.05, 0) is 87.8 Å². The molecule has 5 atom stereocenters. The Labute approximate surface area is 266 Å². The highest BCUT2D eigenvalue weighted by Crippen LogP contribution is 2.39. The molecule has 0 aliphatic carbocycles. The van der Waals surface area contributed by atoms with Gasteiger partial charge in [0.15, 0.2) is 0 Å². The van der Waals surface area contributed by atoms with Crippen LogP contribution in [0.25, 0.3) is 0 Å². The van der Waals surface area contributed by atoms with Gasteiger partial charge in [0, 0.05) is 55.4 Å². The first-order valence-electron chi connectivity index (χ1n) is 16.3. The quantitative estimate of drug-likeness (QED) is 0.511. The number of carbonyl (C=O) groups is 3. The summed E-state index contributed by atoms with van der Waals surface area (Å²) in [6.07, 6.45) is 2.93. The Morgan fingerprint density at radius 1 is 1.04 bits per heavy atom. The third-order valence-electron chi connectivity index (χ3n) is 10.1. The molecule has 0 aromatic heterocycles. The van der Waals surface area contributed by atoms with Gasteiger partial charge in [0.1, 0.15) is 5.60 Å². The van der Waals surface area contributed by atoms with Gasteiger partial charge in [0.25, 0.3) is 11.8 Å². The lowest BCUT2D eigenvalue weighted by atomic mass is 9.77. The number of amides is 3. The molecular formula is C36H47N3O6. The SMILES string of the molecule is COC1C[C@H]2CC[C@@H](C1)N2C(=O)c1ccc2c(c1)C(C)(C)CN(C[C@@H](O)[C@@H]1Cc3ccccc3CN1C(=O)OC(C)(C)C)C2=O. The van der Waals surface area contributed by atoms with Crippen molar-refractivity contribution in [1.82, 2.24) is 14.7 Å². The second kappa shape index (κ2) is 11.7. The molecule has 4 aliphatic rings. The molecule has 6 rings (SSSR count). The molecule has 0 spiro atoms. The maximum Gasteiger partial charge on any atom is 0.410 e. The summed E-state index contributed by atoms with van der Waals surface area (Å²) in [5.74, 6) is -0.149. The number of β-amino-alcohol motifs (C(OH)–C–C–N with tert-alkyl or cyclic N) is 1. The molecule has 2 bridgehead atoms. The van der Waals surface area contributed by atoms with Crippen molar-refractivity contribution in [1.29, 1.82) is 0 Å². The number of rotatable bonds is 5. The predicted molar refractivity (Wildman–Crippen MR) is 170 cm³/mol.